The normalized spacial score (nSPS) is 29.1. The quantitative estimate of drug-likeness (QED) is 0.285. The van der Waals surface area contributed by atoms with E-state index < -0.39 is 85.9 Å². The highest BCUT2D eigenvalue weighted by atomic mass is 32.2. The zero-order valence-electron chi connectivity index (χ0n) is 33.9. The monoisotopic (exact) mass is 851 g/mol. The average Bonchev–Trinajstić information content (AvgIpc) is 4.04. The fraction of sp³-hybridized carbons (Fsp3) is 0.625. The lowest BCUT2D eigenvalue weighted by Gasteiger charge is -2.35. The largest absolute Gasteiger partial charge is 0.494 e. The molecule has 1 aromatic carbocycles. The predicted molar refractivity (Wildman–Crippen MR) is 208 cm³/mol. The van der Waals surface area contributed by atoms with Crippen molar-refractivity contribution in [3.8, 4) is 11.6 Å². The molecule has 2 aliphatic carbocycles. The number of ether oxygens (including phenoxy) is 4. The first-order chi connectivity index (χ1) is 27.6. The lowest BCUT2D eigenvalue weighted by Crippen LogP contribution is -2.60. The number of carbonyl (C=O) groups excluding carboxylic acids is 4. The maximum atomic E-state index is 14.9. The van der Waals surface area contributed by atoms with Gasteiger partial charge in [0.25, 0.3) is 5.91 Å². The third-order valence-corrected chi connectivity index (χ3v) is 14.1. The van der Waals surface area contributed by atoms with E-state index in [1.807, 2.05) is 13.0 Å². The van der Waals surface area contributed by atoms with E-state index >= 15 is 0 Å². The molecule has 19 heteroatoms. The summed E-state index contributed by atoms with van der Waals surface area (Å²) >= 11 is 0. The summed E-state index contributed by atoms with van der Waals surface area (Å²) in [6, 6.07) is 4.24. The Bertz CT molecular complexity index is 2090. The average molecular weight is 852 g/mol. The Morgan fingerprint density at radius 1 is 1.08 bits per heavy atom. The highest BCUT2D eigenvalue weighted by molar-refractivity contribution is 7.91. The summed E-state index contributed by atoms with van der Waals surface area (Å²) in [5, 5.41) is 6.43. The first-order valence-corrected chi connectivity index (χ1v) is 21.1. The number of pyridine rings is 1. The summed E-state index contributed by atoms with van der Waals surface area (Å²) in [5.41, 5.74) is -4.58. The molecular formula is C40H52F3N5O10S. The van der Waals surface area contributed by atoms with E-state index in [0.29, 0.717) is 56.1 Å². The second-order valence-electron chi connectivity index (χ2n) is 16.9. The van der Waals surface area contributed by atoms with Gasteiger partial charge < -0.3 is 34.5 Å². The van der Waals surface area contributed by atoms with Crippen LogP contribution in [0.4, 0.5) is 18.0 Å². The molecule has 0 radical (unpaired) electrons. The van der Waals surface area contributed by atoms with Gasteiger partial charge in [-0.1, -0.05) is 37.3 Å². The van der Waals surface area contributed by atoms with Gasteiger partial charge in [-0.25, -0.2) is 18.2 Å². The molecule has 324 valence electrons. The topological polar surface area (TPSA) is 192 Å². The summed E-state index contributed by atoms with van der Waals surface area (Å²) in [6.07, 6.45) is -0.215. The Kier molecular flexibility index (Phi) is 12.2. The van der Waals surface area contributed by atoms with Crippen molar-refractivity contribution in [2.75, 3.05) is 27.4 Å². The Hall–Kier alpha value is -4.65. The second-order valence-corrected chi connectivity index (χ2v) is 19.1. The van der Waals surface area contributed by atoms with Crippen LogP contribution in [0.25, 0.3) is 10.8 Å². The number of hydrogen-bond donors (Lipinski definition) is 3. The third-order valence-electron chi connectivity index (χ3n) is 12.0. The second kappa shape index (κ2) is 16.4. The van der Waals surface area contributed by atoms with Crippen LogP contribution >= 0.6 is 0 Å². The molecule has 0 spiro atoms. The maximum Gasteiger partial charge on any atom is 0.427 e. The highest BCUT2D eigenvalue weighted by Crippen LogP contribution is 2.48. The minimum absolute atomic E-state index is 0.0894. The van der Waals surface area contributed by atoms with Crippen LogP contribution in [0.15, 0.2) is 42.6 Å². The van der Waals surface area contributed by atoms with E-state index in [1.54, 1.807) is 30.3 Å². The number of sulfonamides is 1. The van der Waals surface area contributed by atoms with Crippen LogP contribution in [-0.4, -0.2) is 110 Å². The number of alkyl halides is 3. The molecule has 1 saturated heterocycles. The van der Waals surface area contributed by atoms with Crippen molar-refractivity contribution in [3.05, 3.63) is 42.6 Å². The predicted octanol–water partition coefficient (Wildman–Crippen LogP) is 4.54. The first kappa shape index (κ1) is 43.9. The number of nitrogens with one attached hydrogen (secondary N) is 3. The number of hydrogen-bond acceptors (Lipinski definition) is 11. The Morgan fingerprint density at radius 3 is 2.42 bits per heavy atom. The van der Waals surface area contributed by atoms with Gasteiger partial charge in [0, 0.05) is 36.1 Å². The van der Waals surface area contributed by atoms with Crippen LogP contribution < -0.4 is 24.8 Å². The number of methoxy groups -OCH3 is 2. The van der Waals surface area contributed by atoms with Gasteiger partial charge in [0.1, 0.15) is 29.5 Å². The fourth-order valence-corrected chi connectivity index (χ4v) is 9.10. The molecule has 2 aliphatic heterocycles. The number of rotatable bonds is 10. The number of halogens is 3. The third kappa shape index (κ3) is 9.10. The molecule has 15 nitrogen and oxygen atoms in total. The summed E-state index contributed by atoms with van der Waals surface area (Å²) in [4.78, 5) is 62.3. The molecular weight excluding hydrogens is 800 g/mol. The summed E-state index contributed by atoms with van der Waals surface area (Å²) in [5.74, 6) is -3.37. The van der Waals surface area contributed by atoms with Crippen LogP contribution in [0.3, 0.4) is 0 Å². The van der Waals surface area contributed by atoms with Gasteiger partial charge in [-0.3, -0.25) is 19.1 Å². The highest BCUT2D eigenvalue weighted by Gasteiger charge is 2.63. The molecule has 2 aromatic rings. The molecule has 2 saturated carbocycles. The molecule has 4 amide bonds. The van der Waals surface area contributed by atoms with E-state index in [0.717, 1.165) is 0 Å². The van der Waals surface area contributed by atoms with Crippen molar-refractivity contribution in [2.45, 2.75) is 113 Å². The minimum Gasteiger partial charge on any atom is -0.494 e. The number of amides is 4. The number of fused-ring (bicyclic) bond motifs is 3. The van der Waals surface area contributed by atoms with Gasteiger partial charge in [-0.05, 0) is 71.3 Å². The van der Waals surface area contributed by atoms with Gasteiger partial charge in [-0.15, -0.1) is 0 Å². The molecule has 3 fully saturated rings. The first-order valence-electron chi connectivity index (χ1n) is 19.6. The van der Waals surface area contributed by atoms with Crippen molar-refractivity contribution in [3.63, 3.8) is 0 Å². The summed E-state index contributed by atoms with van der Waals surface area (Å²) in [7, 11) is -1.21. The van der Waals surface area contributed by atoms with Crippen molar-refractivity contribution >= 4 is 44.6 Å². The van der Waals surface area contributed by atoms with Crippen LogP contribution in [0.2, 0.25) is 0 Å². The molecule has 0 bridgehead atoms. The number of nitrogens with zero attached hydrogens (tertiary/aromatic N) is 2. The smallest absolute Gasteiger partial charge is 0.427 e. The van der Waals surface area contributed by atoms with Crippen molar-refractivity contribution in [1.82, 2.24) is 25.2 Å². The molecule has 3 N–H and O–H groups in total. The standard InChI is InChI=1S/C40H52F3N5O10S/c1-23-11-7-8-12-25-19-39(25,35(51)47-59(53,54)38(4)15-16-38)46-32(49)29-18-26(57-33-28-14-10-9-13-27(28)30(56-6)20-44-33)21-48(29)34(50)31(24(17-23)22-55-5)45-36(52)58-37(2,3)40(41,42)43/h8-10,12-14,20,23-26,29,31H,7,11,15-19,21-22H2,1-6H3,(H,45,52)(H,46,49)(H,47,51)/b12-8-/t23-,24-,25+,26+,29-,31-,39+/m0/s1. The zero-order valence-corrected chi connectivity index (χ0v) is 34.7. The molecule has 0 unspecified atom stereocenters. The van der Waals surface area contributed by atoms with Crippen LogP contribution in [0, 0.1) is 17.8 Å². The summed E-state index contributed by atoms with van der Waals surface area (Å²) in [6.45, 7) is 4.47. The Labute approximate surface area is 341 Å². The number of aromatic nitrogens is 1. The molecule has 1 aromatic heterocycles. The Morgan fingerprint density at radius 2 is 1.78 bits per heavy atom. The summed E-state index contributed by atoms with van der Waals surface area (Å²) < 4.78 is 91.1. The van der Waals surface area contributed by atoms with Gasteiger partial charge in [0.2, 0.25) is 33.3 Å². The number of carbonyl (C=O) groups is 4. The Balaban J connectivity index is 1.38. The zero-order chi connectivity index (χ0) is 43.1. The van der Waals surface area contributed by atoms with Crippen LogP contribution in [-0.2, 0) is 33.9 Å². The van der Waals surface area contributed by atoms with E-state index in [1.165, 1.54) is 32.2 Å². The molecule has 3 heterocycles. The van der Waals surface area contributed by atoms with Gasteiger partial charge in [0.05, 0.1) is 31.2 Å². The SMILES string of the molecule is COC[C@@H]1C[C@@H](C)CC/C=C\[C@@H]2C[C@@]2(C(=O)NS(=O)(=O)C2(C)CC2)NC(=O)[C@@H]2C[C@@H](Oc3ncc(OC)c4ccccc34)CN2C(=O)[C@H]1NC(=O)OC(C)(C)C(F)(F)F. The lowest BCUT2D eigenvalue weighted by atomic mass is 9.87. The molecule has 6 rings (SSSR count). The van der Waals surface area contributed by atoms with Crippen molar-refractivity contribution < 1.29 is 59.7 Å². The fourth-order valence-electron chi connectivity index (χ4n) is 7.79. The van der Waals surface area contributed by atoms with Gasteiger partial charge >= 0.3 is 12.3 Å². The molecule has 59 heavy (non-hydrogen) atoms. The molecule has 4 aliphatic rings. The lowest BCUT2D eigenvalue weighted by molar-refractivity contribution is -0.244. The van der Waals surface area contributed by atoms with E-state index in [-0.39, 0.29) is 44.2 Å². The van der Waals surface area contributed by atoms with E-state index in [9.17, 15) is 40.8 Å². The van der Waals surface area contributed by atoms with Crippen LogP contribution in [0.5, 0.6) is 11.6 Å². The van der Waals surface area contributed by atoms with Gasteiger partial charge in [0.15, 0.2) is 0 Å². The maximum absolute atomic E-state index is 14.9. The van der Waals surface area contributed by atoms with Crippen molar-refractivity contribution in [2.24, 2.45) is 17.8 Å². The molecule has 7 atom stereocenters. The van der Waals surface area contributed by atoms with Crippen LogP contribution in [0.1, 0.15) is 72.6 Å². The minimum atomic E-state index is -4.94. The van der Waals surface area contributed by atoms with E-state index in [2.05, 4.69) is 20.3 Å². The number of benzene rings is 1. The van der Waals surface area contributed by atoms with E-state index in [4.69, 9.17) is 18.9 Å². The van der Waals surface area contributed by atoms with Crippen molar-refractivity contribution in [1.29, 1.82) is 0 Å². The number of alkyl carbamates (subject to hydrolysis) is 1. The number of allylic oxidation sites excluding steroid dienone is 1. The van der Waals surface area contributed by atoms with Gasteiger partial charge in [-0.2, -0.15) is 13.2 Å².